The predicted molar refractivity (Wildman–Crippen MR) is 182 cm³/mol. The van der Waals surface area contributed by atoms with Crippen molar-refractivity contribution in [2.75, 3.05) is 0 Å². The molecule has 0 N–H and O–H groups in total. The Bertz CT molecular complexity index is 2220. The number of hydrogen-bond acceptors (Lipinski definition) is 1. The van der Waals surface area contributed by atoms with E-state index in [1.54, 1.807) is 0 Å². The van der Waals surface area contributed by atoms with Crippen molar-refractivity contribution in [1.29, 1.82) is 0 Å². The molecular weight excluding hydrogens is 537 g/mol. The third kappa shape index (κ3) is 3.52. The van der Waals surface area contributed by atoms with Crippen LogP contribution in [-0.2, 0) is 5.41 Å². The number of hydrogen-bond donors (Lipinski definition) is 0. The maximum absolute atomic E-state index is 2.41. The Morgan fingerprint density at radius 3 is 1.95 bits per heavy atom. The monoisotopic (exact) mass is 564 g/mol. The van der Waals surface area contributed by atoms with E-state index in [4.69, 9.17) is 0 Å². The van der Waals surface area contributed by atoms with Gasteiger partial charge in [0.1, 0.15) is 0 Å². The molecule has 7 aromatic carbocycles. The molecule has 0 bridgehead atoms. The molecule has 1 aliphatic heterocycles. The van der Waals surface area contributed by atoms with Gasteiger partial charge in [-0.15, -0.1) is 0 Å². The van der Waals surface area contributed by atoms with Crippen molar-refractivity contribution in [2.24, 2.45) is 0 Å². The molecule has 1 aliphatic carbocycles. The van der Waals surface area contributed by atoms with Crippen molar-refractivity contribution in [3.8, 4) is 44.5 Å². The lowest BCUT2D eigenvalue weighted by molar-refractivity contribution is 0.714. The van der Waals surface area contributed by atoms with Crippen LogP contribution in [0.1, 0.15) is 23.6 Å². The van der Waals surface area contributed by atoms with E-state index in [9.17, 15) is 0 Å². The van der Waals surface area contributed by atoms with Crippen molar-refractivity contribution in [3.63, 3.8) is 0 Å². The van der Waals surface area contributed by atoms with E-state index in [1.807, 2.05) is 11.8 Å². The normalized spacial score (nSPS) is 16.0. The molecule has 1 heteroatoms. The van der Waals surface area contributed by atoms with E-state index in [1.165, 1.54) is 81.8 Å². The van der Waals surface area contributed by atoms with Crippen LogP contribution in [0.3, 0.4) is 0 Å². The van der Waals surface area contributed by atoms with E-state index < -0.39 is 0 Å². The molecule has 0 aromatic heterocycles. The summed E-state index contributed by atoms with van der Waals surface area (Å²) < 4.78 is 0. The second-order valence-electron chi connectivity index (χ2n) is 11.8. The summed E-state index contributed by atoms with van der Waals surface area (Å²) in [5.41, 5.74) is 14.3. The van der Waals surface area contributed by atoms with Crippen LogP contribution in [-0.4, -0.2) is 0 Å². The van der Waals surface area contributed by atoms with Gasteiger partial charge in [-0.1, -0.05) is 145 Å². The van der Waals surface area contributed by atoms with E-state index in [-0.39, 0.29) is 5.41 Å². The van der Waals surface area contributed by atoms with Gasteiger partial charge in [-0.2, -0.15) is 0 Å². The maximum Gasteiger partial charge on any atom is 0.0435 e. The lowest BCUT2D eigenvalue weighted by Gasteiger charge is -2.28. The summed E-state index contributed by atoms with van der Waals surface area (Å²) in [4.78, 5) is 2.66. The SMILES string of the molecule is CC1(c2ccccc2)c2ccccc2-c2c(-c3ccccc3-c3ccc4c(c3)-c3cccc5cccc(c35)S4)cccc21. The first kappa shape index (κ1) is 24.7. The van der Waals surface area contributed by atoms with Crippen molar-refractivity contribution in [1.82, 2.24) is 0 Å². The maximum atomic E-state index is 2.41. The van der Waals surface area contributed by atoms with Gasteiger partial charge in [0, 0.05) is 20.6 Å². The highest BCUT2D eigenvalue weighted by atomic mass is 32.2. The first-order valence-electron chi connectivity index (χ1n) is 14.9. The molecule has 0 nitrogen and oxygen atoms in total. The van der Waals surface area contributed by atoms with Gasteiger partial charge in [0.15, 0.2) is 0 Å². The van der Waals surface area contributed by atoms with E-state index in [0.717, 1.165) is 0 Å². The smallest absolute Gasteiger partial charge is 0.0435 e. The minimum absolute atomic E-state index is 0.215. The highest BCUT2D eigenvalue weighted by molar-refractivity contribution is 7.99. The van der Waals surface area contributed by atoms with Gasteiger partial charge in [-0.3, -0.25) is 0 Å². The molecule has 9 rings (SSSR count). The Hall–Kier alpha value is -4.85. The first-order chi connectivity index (χ1) is 21.2. The summed E-state index contributed by atoms with van der Waals surface area (Å²) in [7, 11) is 0. The van der Waals surface area contributed by atoms with Gasteiger partial charge in [0.2, 0.25) is 0 Å². The standard InChI is InChI=1S/C42H28S/c1-42(29-14-3-2-4-15-29)36-21-8-7-18-34(36)41-32(20-11-22-37(41)42)31-17-6-5-16-30(31)28-24-25-38-35(26-28)33-19-9-12-27-13-10-23-39(43-38)40(27)33/h2-26H,1H3. The Labute approximate surface area is 256 Å². The fraction of sp³-hybridized carbons (Fsp3) is 0.0476. The van der Waals surface area contributed by atoms with Crippen molar-refractivity contribution >= 4 is 22.5 Å². The van der Waals surface area contributed by atoms with Crippen LogP contribution in [0.5, 0.6) is 0 Å². The Balaban J connectivity index is 1.26. The summed E-state index contributed by atoms with van der Waals surface area (Å²) >= 11 is 1.89. The molecule has 1 unspecified atom stereocenters. The minimum atomic E-state index is -0.215. The lowest BCUT2D eigenvalue weighted by Crippen LogP contribution is -2.22. The fourth-order valence-corrected chi connectivity index (χ4v) is 8.68. The molecule has 0 spiro atoms. The summed E-state index contributed by atoms with van der Waals surface area (Å²) in [6.45, 7) is 2.39. The van der Waals surface area contributed by atoms with Crippen LogP contribution in [0.15, 0.2) is 161 Å². The number of fused-ring (bicyclic) bond motifs is 5. The van der Waals surface area contributed by atoms with E-state index in [0.29, 0.717) is 0 Å². The summed E-state index contributed by atoms with van der Waals surface area (Å²) in [5.74, 6) is 0. The van der Waals surface area contributed by atoms with Crippen LogP contribution in [0.4, 0.5) is 0 Å². The van der Waals surface area contributed by atoms with E-state index >= 15 is 0 Å². The number of rotatable bonds is 3. The van der Waals surface area contributed by atoms with Gasteiger partial charge in [-0.25, -0.2) is 0 Å². The van der Waals surface area contributed by atoms with Gasteiger partial charge in [-0.05, 0) is 91.7 Å². The Kier molecular flexibility index (Phi) is 5.36. The fourth-order valence-electron chi connectivity index (χ4n) is 7.55. The van der Waals surface area contributed by atoms with Gasteiger partial charge in [0.05, 0.1) is 0 Å². The molecule has 202 valence electrons. The van der Waals surface area contributed by atoms with Gasteiger partial charge >= 0.3 is 0 Å². The highest BCUT2D eigenvalue weighted by Gasteiger charge is 2.41. The second kappa shape index (κ2) is 9.33. The molecule has 2 aliphatic rings. The first-order valence-corrected chi connectivity index (χ1v) is 15.8. The third-order valence-corrected chi connectivity index (χ3v) is 10.7. The molecule has 1 atom stereocenters. The predicted octanol–water partition coefficient (Wildman–Crippen LogP) is 11.6. The van der Waals surface area contributed by atoms with Crippen LogP contribution in [0, 0.1) is 0 Å². The highest BCUT2D eigenvalue weighted by Crippen LogP contribution is 2.56. The zero-order valence-electron chi connectivity index (χ0n) is 23.8. The average Bonchev–Trinajstić information content (AvgIpc) is 3.34. The summed E-state index contributed by atoms with van der Waals surface area (Å²) in [6.07, 6.45) is 0. The van der Waals surface area contributed by atoms with E-state index in [2.05, 4.69) is 159 Å². The zero-order chi connectivity index (χ0) is 28.5. The quantitative estimate of drug-likeness (QED) is 0.206. The molecule has 0 saturated heterocycles. The van der Waals surface area contributed by atoms with Crippen molar-refractivity contribution in [3.05, 3.63) is 168 Å². The average molecular weight is 565 g/mol. The van der Waals surface area contributed by atoms with Crippen molar-refractivity contribution < 1.29 is 0 Å². The summed E-state index contributed by atoms with van der Waals surface area (Å²) in [5, 5.41) is 2.67. The molecule has 0 radical (unpaired) electrons. The second-order valence-corrected chi connectivity index (χ2v) is 12.9. The molecule has 43 heavy (non-hydrogen) atoms. The number of benzene rings is 7. The summed E-state index contributed by atoms with van der Waals surface area (Å²) in [6, 6.07) is 56.2. The minimum Gasteiger partial charge on any atom is -0.0888 e. The molecule has 1 heterocycles. The topological polar surface area (TPSA) is 0 Å². The van der Waals surface area contributed by atoms with Crippen LogP contribution < -0.4 is 0 Å². The molecule has 7 aromatic rings. The van der Waals surface area contributed by atoms with Crippen molar-refractivity contribution in [2.45, 2.75) is 22.1 Å². The largest absolute Gasteiger partial charge is 0.0888 e. The molecule has 0 saturated carbocycles. The zero-order valence-corrected chi connectivity index (χ0v) is 24.7. The Morgan fingerprint density at radius 2 is 1.09 bits per heavy atom. The Morgan fingerprint density at radius 1 is 0.442 bits per heavy atom. The van der Waals surface area contributed by atoms with Crippen LogP contribution in [0.2, 0.25) is 0 Å². The van der Waals surface area contributed by atoms with Gasteiger partial charge in [0.25, 0.3) is 0 Å². The third-order valence-electron chi connectivity index (χ3n) is 9.57. The van der Waals surface area contributed by atoms with Crippen LogP contribution in [0.25, 0.3) is 55.3 Å². The van der Waals surface area contributed by atoms with Gasteiger partial charge < -0.3 is 0 Å². The molecule has 0 amide bonds. The lowest BCUT2D eigenvalue weighted by atomic mass is 9.74. The van der Waals surface area contributed by atoms with Crippen LogP contribution >= 0.6 is 11.8 Å². The molecular formula is C42H28S. The molecule has 0 fully saturated rings.